The zero-order chi connectivity index (χ0) is 17.3. The van der Waals surface area contributed by atoms with Crippen LogP contribution in [0.3, 0.4) is 0 Å². The minimum Gasteiger partial charge on any atom is -0.453 e. The van der Waals surface area contributed by atoms with Crippen molar-refractivity contribution in [3.8, 4) is 11.5 Å². The second-order valence-corrected chi connectivity index (χ2v) is 6.03. The number of amides is 1. The fourth-order valence-electron chi connectivity index (χ4n) is 3.02. The summed E-state index contributed by atoms with van der Waals surface area (Å²) in [7, 11) is 0. The maximum absolute atomic E-state index is 12.4. The largest absolute Gasteiger partial charge is 0.453 e. The van der Waals surface area contributed by atoms with Gasteiger partial charge in [0.15, 0.2) is 11.5 Å². The molecule has 0 saturated carbocycles. The first-order valence-corrected chi connectivity index (χ1v) is 8.68. The van der Waals surface area contributed by atoms with Gasteiger partial charge in [-0.15, -0.1) is 11.6 Å². The number of carbonyl (C=O) groups is 1. The Balaban J connectivity index is 2.12. The quantitative estimate of drug-likeness (QED) is 0.743. The summed E-state index contributed by atoms with van der Waals surface area (Å²) in [5, 5.41) is 0. The lowest BCUT2D eigenvalue weighted by Crippen LogP contribution is -2.30. The number of nitrogens with zero attached hydrogens (tertiary/aromatic N) is 2. The number of aryl methyl sites for hydroxylation is 1. The van der Waals surface area contributed by atoms with Gasteiger partial charge in [0.1, 0.15) is 5.88 Å². The highest BCUT2D eigenvalue weighted by molar-refractivity contribution is 6.30. The van der Waals surface area contributed by atoms with Crippen LogP contribution in [-0.2, 0) is 4.79 Å². The SMILES string of the molecule is CCN(CC)c1ccc2c(c1)Oc1cc(C)ccc1N2C(=O)CCl. The molecule has 0 bridgehead atoms. The molecular weight excluding hydrogens is 324 g/mol. The van der Waals surface area contributed by atoms with Crippen LogP contribution >= 0.6 is 11.6 Å². The van der Waals surface area contributed by atoms with Gasteiger partial charge in [0, 0.05) is 24.8 Å². The molecule has 126 valence electrons. The van der Waals surface area contributed by atoms with Crippen molar-refractivity contribution in [2.24, 2.45) is 0 Å². The number of ether oxygens (including phenoxy) is 1. The Morgan fingerprint density at radius 3 is 2.33 bits per heavy atom. The van der Waals surface area contributed by atoms with Gasteiger partial charge in [0.2, 0.25) is 5.91 Å². The van der Waals surface area contributed by atoms with Gasteiger partial charge < -0.3 is 9.64 Å². The molecule has 1 aliphatic rings. The van der Waals surface area contributed by atoms with Gasteiger partial charge >= 0.3 is 0 Å². The van der Waals surface area contributed by atoms with Gasteiger partial charge in [-0.2, -0.15) is 0 Å². The Labute approximate surface area is 147 Å². The maximum Gasteiger partial charge on any atom is 0.246 e. The van der Waals surface area contributed by atoms with Gasteiger partial charge in [-0.05, 0) is 50.6 Å². The van der Waals surface area contributed by atoms with Crippen molar-refractivity contribution in [2.75, 3.05) is 28.8 Å². The zero-order valence-corrected chi connectivity index (χ0v) is 14.9. The zero-order valence-electron chi connectivity index (χ0n) is 14.2. The molecule has 2 aromatic carbocycles. The highest BCUT2D eigenvalue weighted by Gasteiger charge is 2.29. The molecule has 1 heterocycles. The summed E-state index contributed by atoms with van der Waals surface area (Å²) >= 11 is 5.84. The number of halogens is 1. The number of rotatable bonds is 4. The molecule has 5 heteroatoms. The number of hydrogen-bond acceptors (Lipinski definition) is 3. The molecule has 0 radical (unpaired) electrons. The summed E-state index contributed by atoms with van der Waals surface area (Å²) in [4.78, 5) is 16.3. The van der Waals surface area contributed by atoms with Gasteiger partial charge in [-0.1, -0.05) is 6.07 Å². The van der Waals surface area contributed by atoms with Gasteiger partial charge in [-0.3, -0.25) is 9.69 Å². The number of carbonyl (C=O) groups excluding carboxylic acids is 1. The molecule has 0 N–H and O–H groups in total. The van der Waals surface area contributed by atoms with Crippen molar-refractivity contribution in [3.05, 3.63) is 42.0 Å². The molecule has 0 aromatic heterocycles. The predicted octanol–water partition coefficient (Wildman–Crippen LogP) is 4.85. The van der Waals surface area contributed by atoms with Crippen LogP contribution in [0.4, 0.5) is 17.1 Å². The Bertz CT molecular complexity index is 772. The number of hydrogen-bond donors (Lipinski definition) is 0. The molecule has 4 nitrogen and oxygen atoms in total. The molecule has 0 spiro atoms. The highest BCUT2D eigenvalue weighted by atomic mass is 35.5. The third kappa shape index (κ3) is 2.82. The molecule has 3 rings (SSSR count). The minimum absolute atomic E-state index is 0.0788. The normalized spacial score (nSPS) is 12.2. The molecule has 1 amide bonds. The van der Waals surface area contributed by atoms with Crippen molar-refractivity contribution in [1.82, 2.24) is 0 Å². The Hall–Kier alpha value is -2.20. The van der Waals surface area contributed by atoms with E-state index in [1.807, 2.05) is 43.3 Å². The van der Waals surface area contributed by atoms with Crippen LogP contribution in [0.1, 0.15) is 19.4 Å². The lowest BCUT2D eigenvalue weighted by Gasteiger charge is -2.32. The summed E-state index contributed by atoms with van der Waals surface area (Å²) in [6.07, 6.45) is 0. The maximum atomic E-state index is 12.4. The van der Waals surface area contributed by atoms with E-state index in [0.717, 1.165) is 35.7 Å². The van der Waals surface area contributed by atoms with Gasteiger partial charge in [0.25, 0.3) is 0 Å². The number of alkyl halides is 1. The molecular formula is C19H21ClN2O2. The minimum atomic E-state index is -0.165. The van der Waals surface area contributed by atoms with E-state index >= 15 is 0 Å². The van der Waals surface area contributed by atoms with Gasteiger partial charge in [0.05, 0.1) is 11.4 Å². The van der Waals surface area contributed by atoms with Crippen LogP contribution in [0.15, 0.2) is 36.4 Å². The van der Waals surface area contributed by atoms with Crippen LogP contribution < -0.4 is 14.5 Å². The van der Waals surface area contributed by atoms with Crippen molar-refractivity contribution in [3.63, 3.8) is 0 Å². The van der Waals surface area contributed by atoms with E-state index in [-0.39, 0.29) is 11.8 Å². The van der Waals surface area contributed by atoms with E-state index in [1.165, 1.54) is 0 Å². The van der Waals surface area contributed by atoms with E-state index in [4.69, 9.17) is 16.3 Å². The molecule has 2 aromatic rings. The standard InChI is InChI=1S/C19H21ClN2O2/c1-4-21(5-2)14-7-9-16-18(11-14)24-17-10-13(3)6-8-15(17)22(16)19(23)12-20/h6-11H,4-5,12H2,1-3H3. The number of benzene rings is 2. The van der Waals surface area contributed by atoms with Crippen molar-refractivity contribution in [1.29, 1.82) is 0 Å². The smallest absolute Gasteiger partial charge is 0.246 e. The second kappa shape index (κ2) is 6.73. The highest BCUT2D eigenvalue weighted by Crippen LogP contribution is 2.48. The van der Waals surface area contributed by atoms with E-state index in [0.29, 0.717) is 11.5 Å². The van der Waals surface area contributed by atoms with E-state index in [1.54, 1.807) is 4.90 Å². The lowest BCUT2D eigenvalue weighted by atomic mass is 10.1. The van der Waals surface area contributed by atoms with Crippen LogP contribution in [0.25, 0.3) is 0 Å². The van der Waals surface area contributed by atoms with Gasteiger partial charge in [-0.25, -0.2) is 0 Å². The van der Waals surface area contributed by atoms with Crippen molar-refractivity contribution in [2.45, 2.75) is 20.8 Å². The monoisotopic (exact) mass is 344 g/mol. The second-order valence-electron chi connectivity index (χ2n) is 5.76. The molecule has 0 atom stereocenters. The molecule has 1 aliphatic heterocycles. The van der Waals surface area contributed by atoms with Crippen LogP contribution in [-0.4, -0.2) is 24.9 Å². The number of fused-ring (bicyclic) bond motifs is 2. The molecule has 24 heavy (non-hydrogen) atoms. The Morgan fingerprint density at radius 1 is 1.08 bits per heavy atom. The average molecular weight is 345 g/mol. The topological polar surface area (TPSA) is 32.8 Å². The van der Waals surface area contributed by atoms with Crippen LogP contribution in [0.5, 0.6) is 11.5 Å². The summed E-state index contributed by atoms with van der Waals surface area (Å²) in [6.45, 7) is 8.06. The number of anilines is 3. The summed E-state index contributed by atoms with van der Waals surface area (Å²) in [5.74, 6) is 1.11. The Kier molecular flexibility index (Phi) is 4.67. The summed E-state index contributed by atoms with van der Waals surface area (Å²) < 4.78 is 6.10. The van der Waals surface area contributed by atoms with E-state index < -0.39 is 0 Å². The molecule has 0 unspecified atom stereocenters. The summed E-state index contributed by atoms with van der Waals surface area (Å²) in [5.41, 5.74) is 3.62. The fraction of sp³-hybridized carbons (Fsp3) is 0.316. The van der Waals surface area contributed by atoms with E-state index in [9.17, 15) is 4.79 Å². The summed E-state index contributed by atoms with van der Waals surface area (Å²) in [6, 6.07) is 11.7. The average Bonchev–Trinajstić information content (AvgIpc) is 2.59. The third-order valence-corrected chi connectivity index (χ3v) is 4.48. The predicted molar refractivity (Wildman–Crippen MR) is 99.1 cm³/mol. The molecule has 0 aliphatic carbocycles. The first-order valence-electron chi connectivity index (χ1n) is 8.15. The van der Waals surface area contributed by atoms with Crippen LogP contribution in [0, 0.1) is 6.92 Å². The third-order valence-electron chi connectivity index (χ3n) is 4.25. The van der Waals surface area contributed by atoms with E-state index in [2.05, 4.69) is 18.7 Å². The molecule has 0 fully saturated rings. The van der Waals surface area contributed by atoms with Crippen molar-refractivity contribution >= 4 is 34.6 Å². The van der Waals surface area contributed by atoms with Crippen LogP contribution in [0.2, 0.25) is 0 Å². The Morgan fingerprint density at radius 2 is 1.71 bits per heavy atom. The first kappa shape index (κ1) is 16.7. The fourth-order valence-corrected chi connectivity index (χ4v) is 3.14. The van der Waals surface area contributed by atoms with Crippen molar-refractivity contribution < 1.29 is 9.53 Å². The molecule has 0 saturated heterocycles. The first-order chi connectivity index (χ1) is 11.6. The lowest BCUT2D eigenvalue weighted by molar-refractivity contribution is -0.115.